The van der Waals surface area contributed by atoms with E-state index in [1.54, 1.807) is 0 Å². The van der Waals surface area contributed by atoms with Crippen molar-refractivity contribution in [1.29, 1.82) is 0 Å². The van der Waals surface area contributed by atoms with Crippen LogP contribution in [0.4, 0.5) is 0 Å². The molecule has 94 valence electrons. The zero-order valence-electron chi connectivity index (χ0n) is 12.0. The van der Waals surface area contributed by atoms with E-state index in [1.807, 2.05) is 0 Å². The summed E-state index contributed by atoms with van der Waals surface area (Å²) in [4.78, 5) is 2.72. The van der Waals surface area contributed by atoms with E-state index in [9.17, 15) is 0 Å². The van der Waals surface area contributed by atoms with Crippen molar-refractivity contribution in [3.8, 4) is 0 Å². The third-order valence-corrected chi connectivity index (χ3v) is 4.79. The van der Waals surface area contributed by atoms with Crippen molar-refractivity contribution in [2.24, 2.45) is 23.2 Å². The molecule has 0 aromatic rings. The van der Waals surface area contributed by atoms with Crippen LogP contribution in [0.5, 0.6) is 0 Å². The van der Waals surface area contributed by atoms with Crippen molar-refractivity contribution < 1.29 is 0 Å². The fourth-order valence-electron chi connectivity index (χ4n) is 3.87. The molecule has 3 atom stereocenters. The minimum Gasteiger partial charge on any atom is -0.298 e. The van der Waals surface area contributed by atoms with Gasteiger partial charge in [0.05, 0.1) is 0 Å². The molecule has 1 heterocycles. The van der Waals surface area contributed by atoms with Gasteiger partial charge in [-0.15, -0.1) is 0 Å². The summed E-state index contributed by atoms with van der Waals surface area (Å²) in [5, 5.41) is 0. The minimum atomic E-state index is 0.365. The Morgan fingerprint density at radius 1 is 0.875 bits per heavy atom. The van der Waals surface area contributed by atoms with E-state index in [2.05, 4.69) is 46.4 Å². The van der Waals surface area contributed by atoms with Crippen LogP contribution in [0.25, 0.3) is 0 Å². The van der Waals surface area contributed by atoms with Gasteiger partial charge in [-0.25, -0.2) is 0 Å². The van der Waals surface area contributed by atoms with Crippen LogP contribution in [0.1, 0.15) is 54.4 Å². The van der Waals surface area contributed by atoms with Gasteiger partial charge >= 0.3 is 0 Å². The largest absolute Gasteiger partial charge is 0.298 e. The van der Waals surface area contributed by atoms with E-state index >= 15 is 0 Å². The molecule has 1 saturated heterocycles. The zero-order chi connectivity index (χ0) is 12.1. The van der Waals surface area contributed by atoms with Gasteiger partial charge in [-0.1, -0.05) is 20.8 Å². The summed E-state index contributed by atoms with van der Waals surface area (Å²) in [7, 11) is 0. The van der Waals surface area contributed by atoms with Gasteiger partial charge in [0.15, 0.2) is 0 Å². The molecule has 2 aliphatic rings. The quantitative estimate of drug-likeness (QED) is 0.604. The van der Waals surface area contributed by atoms with Crippen molar-refractivity contribution in [2.45, 2.75) is 59.9 Å². The van der Waals surface area contributed by atoms with Crippen LogP contribution in [0.2, 0.25) is 0 Å². The first-order valence-corrected chi connectivity index (χ1v) is 6.93. The Balaban J connectivity index is 2.10. The Hall–Kier alpha value is -0.0400. The number of rotatable bonds is 0. The lowest BCUT2D eigenvalue weighted by Crippen LogP contribution is -2.48. The summed E-state index contributed by atoms with van der Waals surface area (Å²) in [5.74, 6) is 2.88. The first-order valence-electron chi connectivity index (χ1n) is 6.93. The molecule has 0 aromatic heterocycles. The van der Waals surface area contributed by atoms with Gasteiger partial charge in [-0.3, -0.25) is 4.90 Å². The summed E-state index contributed by atoms with van der Waals surface area (Å²) in [6, 6.07) is 0. The van der Waals surface area contributed by atoms with Gasteiger partial charge < -0.3 is 0 Å². The van der Waals surface area contributed by atoms with Crippen molar-refractivity contribution in [3.63, 3.8) is 0 Å². The molecule has 1 saturated carbocycles. The topological polar surface area (TPSA) is 3.24 Å². The number of hydrogen-bond acceptors (Lipinski definition) is 1. The van der Waals surface area contributed by atoms with Crippen LogP contribution < -0.4 is 0 Å². The molecule has 0 spiro atoms. The molecule has 1 heteroatoms. The Bertz CT molecular complexity index is 254. The number of likely N-dealkylation sites (tertiary alicyclic amines) is 1. The van der Waals surface area contributed by atoms with Crippen LogP contribution in [-0.4, -0.2) is 23.5 Å². The van der Waals surface area contributed by atoms with Crippen LogP contribution in [-0.2, 0) is 0 Å². The Morgan fingerprint density at radius 3 is 2.00 bits per heavy atom. The lowest BCUT2D eigenvalue weighted by atomic mass is 9.74. The van der Waals surface area contributed by atoms with Gasteiger partial charge in [0.2, 0.25) is 0 Å². The van der Waals surface area contributed by atoms with E-state index in [0.29, 0.717) is 11.0 Å². The molecule has 1 nitrogen and oxygen atoms in total. The molecule has 0 aromatic carbocycles. The number of nitrogens with zero attached hydrogens (tertiary/aromatic N) is 1. The van der Waals surface area contributed by atoms with E-state index in [0.717, 1.165) is 17.8 Å². The highest BCUT2D eigenvalue weighted by atomic mass is 15.2. The zero-order valence-corrected chi connectivity index (χ0v) is 12.0. The highest BCUT2D eigenvalue weighted by Crippen LogP contribution is 2.49. The second-order valence-corrected chi connectivity index (χ2v) is 8.15. The van der Waals surface area contributed by atoms with Crippen LogP contribution in [0.15, 0.2) is 0 Å². The molecule has 0 radical (unpaired) electrons. The van der Waals surface area contributed by atoms with Crippen LogP contribution in [0, 0.1) is 23.2 Å². The molecule has 2 fully saturated rings. The third kappa shape index (κ3) is 2.30. The first kappa shape index (κ1) is 12.4. The number of piperidine rings is 1. The van der Waals surface area contributed by atoms with E-state index in [1.165, 1.54) is 25.9 Å². The Kier molecular flexibility index (Phi) is 2.89. The predicted molar refractivity (Wildman–Crippen MR) is 70.5 cm³/mol. The lowest BCUT2D eigenvalue weighted by molar-refractivity contribution is 0.0586. The second-order valence-electron chi connectivity index (χ2n) is 8.15. The smallest absolute Gasteiger partial charge is 0.0125 e. The van der Waals surface area contributed by atoms with E-state index in [4.69, 9.17) is 0 Å². The predicted octanol–water partition coefficient (Wildman–Crippen LogP) is 3.79. The molecule has 0 N–H and O–H groups in total. The molecule has 3 unspecified atom stereocenters. The number of fused-ring (bicyclic) bond motifs is 2. The average molecular weight is 223 g/mol. The minimum absolute atomic E-state index is 0.365. The maximum Gasteiger partial charge on any atom is 0.0125 e. The van der Waals surface area contributed by atoms with Gasteiger partial charge in [-0.05, 0) is 56.8 Å². The first-order chi connectivity index (χ1) is 7.18. The van der Waals surface area contributed by atoms with Gasteiger partial charge in [0.1, 0.15) is 0 Å². The maximum atomic E-state index is 2.72. The third-order valence-electron chi connectivity index (χ3n) is 4.79. The molecular formula is C15H29N. The molecular weight excluding hydrogens is 194 g/mol. The summed E-state index contributed by atoms with van der Waals surface area (Å²) in [5.41, 5.74) is 0.872. The molecule has 0 amide bonds. The summed E-state index contributed by atoms with van der Waals surface area (Å²) in [6.07, 6.45) is 2.97. The van der Waals surface area contributed by atoms with Crippen LogP contribution >= 0.6 is 0 Å². The van der Waals surface area contributed by atoms with Crippen LogP contribution in [0.3, 0.4) is 0 Å². The van der Waals surface area contributed by atoms with E-state index < -0.39 is 0 Å². The van der Waals surface area contributed by atoms with Gasteiger partial charge in [0.25, 0.3) is 0 Å². The van der Waals surface area contributed by atoms with E-state index in [-0.39, 0.29) is 0 Å². The molecule has 1 aliphatic heterocycles. The van der Waals surface area contributed by atoms with Gasteiger partial charge in [-0.2, -0.15) is 0 Å². The fraction of sp³-hybridized carbons (Fsp3) is 1.00. The Morgan fingerprint density at radius 2 is 1.50 bits per heavy atom. The number of hydrogen-bond donors (Lipinski definition) is 0. The molecule has 2 rings (SSSR count). The van der Waals surface area contributed by atoms with Crippen molar-refractivity contribution in [3.05, 3.63) is 0 Å². The highest BCUT2D eigenvalue weighted by Gasteiger charge is 2.46. The van der Waals surface area contributed by atoms with Crippen molar-refractivity contribution >= 4 is 0 Å². The average Bonchev–Trinajstić information content (AvgIpc) is 2.38. The van der Waals surface area contributed by atoms with Crippen molar-refractivity contribution in [2.75, 3.05) is 13.1 Å². The molecule has 2 bridgehead atoms. The van der Waals surface area contributed by atoms with Crippen molar-refractivity contribution in [1.82, 2.24) is 4.90 Å². The maximum absolute atomic E-state index is 2.72. The Labute approximate surface area is 102 Å². The summed E-state index contributed by atoms with van der Waals surface area (Å²) >= 11 is 0. The summed E-state index contributed by atoms with van der Waals surface area (Å²) in [6.45, 7) is 17.1. The SMILES string of the molecule is CC(C)(C)C1CC2CC1CN(C(C)(C)C)C2. The standard InChI is InChI=1S/C15H29N/c1-14(2,3)13-8-11-7-12(13)10-16(9-11)15(4,5)6/h11-13H,7-10H2,1-6H3. The fourth-order valence-corrected chi connectivity index (χ4v) is 3.87. The summed E-state index contributed by atoms with van der Waals surface area (Å²) < 4.78 is 0. The monoisotopic (exact) mass is 223 g/mol. The molecule has 16 heavy (non-hydrogen) atoms. The lowest BCUT2D eigenvalue weighted by Gasteiger charge is -2.42. The normalized spacial score (nSPS) is 36.8. The second kappa shape index (κ2) is 3.73. The molecule has 1 aliphatic carbocycles. The van der Waals surface area contributed by atoms with Gasteiger partial charge in [0, 0.05) is 18.6 Å². The highest BCUT2D eigenvalue weighted by molar-refractivity contribution is 4.97.